The summed E-state index contributed by atoms with van der Waals surface area (Å²) in [5.74, 6) is 9.78. The van der Waals surface area contributed by atoms with Crippen LogP contribution < -0.4 is 5.84 Å². The predicted octanol–water partition coefficient (Wildman–Crippen LogP) is 3.88. The maximum atomic E-state index is 6.12. The first-order chi connectivity index (χ1) is 12.1. The van der Waals surface area contributed by atoms with Crippen molar-refractivity contribution >= 4 is 23.1 Å². The molecule has 0 amide bonds. The molecule has 0 saturated heterocycles. The van der Waals surface area contributed by atoms with Gasteiger partial charge in [-0.1, -0.05) is 11.8 Å². The third kappa shape index (κ3) is 3.08. The highest BCUT2D eigenvalue weighted by atomic mass is 32.2. The van der Waals surface area contributed by atoms with Crippen molar-refractivity contribution in [3.05, 3.63) is 47.1 Å². The van der Waals surface area contributed by atoms with Gasteiger partial charge in [0.15, 0.2) is 16.6 Å². The molecule has 0 aromatic carbocycles. The molecule has 128 valence electrons. The normalized spacial score (nSPS) is 11.3. The molecule has 4 heterocycles. The summed E-state index contributed by atoms with van der Waals surface area (Å²) >= 11 is 3.04. The number of thiazole rings is 1. The highest BCUT2D eigenvalue weighted by molar-refractivity contribution is 7.98. The SMILES string of the molecule is Cc1ccc(-c2nc(CSc3nnc(-c4ccoc4C)n3N)cs2)o1. The van der Waals surface area contributed by atoms with E-state index in [0.717, 1.165) is 33.5 Å². The van der Waals surface area contributed by atoms with Crippen LogP contribution in [0.5, 0.6) is 0 Å². The first-order valence-corrected chi connectivity index (χ1v) is 9.37. The Balaban J connectivity index is 1.48. The molecule has 0 unspecified atom stereocenters. The number of thioether (sulfide) groups is 1. The Labute approximate surface area is 151 Å². The largest absolute Gasteiger partial charge is 0.469 e. The minimum absolute atomic E-state index is 0.582. The van der Waals surface area contributed by atoms with E-state index in [1.54, 1.807) is 17.6 Å². The van der Waals surface area contributed by atoms with Crippen LogP contribution in [-0.2, 0) is 5.75 Å². The van der Waals surface area contributed by atoms with Gasteiger partial charge in [0.05, 0.1) is 17.5 Å². The number of aryl methyl sites for hydroxylation is 2. The molecule has 4 rings (SSSR count). The maximum Gasteiger partial charge on any atom is 0.210 e. The molecule has 0 atom stereocenters. The van der Waals surface area contributed by atoms with Gasteiger partial charge in [-0.05, 0) is 32.0 Å². The van der Waals surface area contributed by atoms with E-state index >= 15 is 0 Å². The van der Waals surface area contributed by atoms with Gasteiger partial charge in [0, 0.05) is 11.1 Å². The zero-order valence-corrected chi connectivity index (χ0v) is 15.2. The van der Waals surface area contributed by atoms with Gasteiger partial charge in [-0.3, -0.25) is 0 Å². The fourth-order valence-electron chi connectivity index (χ4n) is 2.35. The number of furan rings is 2. The zero-order chi connectivity index (χ0) is 17.4. The summed E-state index contributed by atoms with van der Waals surface area (Å²) in [7, 11) is 0. The molecule has 25 heavy (non-hydrogen) atoms. The Morgan fingerprint density at radius 3 is 2.84 bits per heavy atom. The average Bonchev–Trinajstić information content (AvgIpc) is 3.34. The molecular formula is C16H15N5O2S2. The van der Waals surface area contributed by atoms with Crippen LogP contribution in [0.1, 0.15) is 17.2 Å². The lowest BCUT2D eigenvalue weighted by Gasteiger charge is -2.01. The van der Waals surface area contributed by atoms with Gasteiger partial charge in [-0.15, -0.1) is 21.5 Å². The molecule has 0 aliphatic carbocycles. The van der Waals surface area contributed by atoms with E-state index in [1.165, 1.54) is 16.4 Å². The van der Waals surface area contributed by atoms with E-state index in [4.69, 9.17) is 14.7 Å². The molecule has 0 fully saturated rings. The number of nitrogens with zero attached hydrogens (tertiary/aromatic N) is 4. The second kappa shape index (κ2) is 6.41. The Hall–Kier alpha value is -2.52. The summed E-state index contributed by atoms with van der Waals surface area (Å²) < 4.78 is 12.4. The van der Waals surface area contributed by atoms with Crippen LogP contribution in [0.4, 0.5) is 0 Å². The van der Waals surface area contributed by atoms with Crippen LogP contribution in [-0.4, -0.2) is 19.9 Å². The van der Waals surface area contributed by atoms with Crippen molar-refractivity contribution < 1.29 is 8.83 Å². The van der Waals surface area contributed by atoms with Crippen LogP contribution in [0.15, 0.2) is 43.8 Å². The van der Waals surface area contributed by atoms with Crippen molar-refractivity contribution in [2.75, 3.05) is 5.84 Å². The highest BCUT2D eigenvalue weighted by Crippen LogP contribution is 2.29. The molecule has 0 saturated carbocycles. The van der Waals surface area contributed by atoms with Gasteiger partial charge in [-0.2, -0.15) is 0 Å². The summed E-state index contributed by atoms with van der Waals surface area (Å²) in [6.45, 7) is 3.78. The monoisotopic (exact) mass is 373 g/mol. The summed E-state index contributed by atoms with van der Waals surface area (Å²) in [5.41, 5.74) is 1.79. The predicted molar refractivity (Wildman–Crippen MR) is 96.7 cm³/mol. The maximum absolute atomic E-state index is 6.12. The number of nitrogens with two attached hydrogens (primary N) is 1. The zero-order valence-electron chi connectivity index (χ0n) is 13.6. The fourth-order valence-corrected chi connectivity index (χ4v) is 3.98. The summed E-state index contributed by atoms with van der Waals surface area (Å²) in [6, 6.07) is 5.69. The van der Waals surface area contributed by atoms with Crippen molar-refractivity contribution in [3.8, 4) is 22.2 Å². The molecular weight excluding hydrogens is 358 g/mol. The van der Waals surface area contributed by atoms with Gasteiger partial charge in [0.1, 0.15) is 11.5 Å². The summed E-state index contributed by atoms with van der Waals surface area (Å²) in [6.07, 6.45) is 1.61. The van der Waals surface area contributed by atoms with Crippen molar-refractivity contribution in [1.82, 2.24) is 19.9 Å². The molecule has 4 aromatic heterocycles. The van der Waals surface area contributed by atoms with Gasteiger partial charge < -0.3 is 14.7 Å². The number of aromatic nitrogens is 4. The number of hydrogen-bond donors (Lipinski definition) is 1. The van der Waals surface area contributed by atoms with Crippen LogP contribution in [0.2, 0.25) is 0 Å². The van der Waals surface area contributed by atoms with Crippen LogP contribution in [0, 0.1) is 13.8 Å². The third-order valence-electron chi connectivity index (χ3n) is 3.62. The van der Waals surface area contributed by atoms with E-state index < -0.39 is 0 Å². The summed E-state index contributed by atoms with van der Waals surface area (Å²) in [5, 5.41) is 11.8. The molecule has 0 radical (unpaired) electrons. The van der Waals surface area contributed by atoms with Gasteiger partial charge in [0.25, 0.3) is 0 Å². The number of rotatable bonds is 5. The van der Waals surface area contributed by atoms with E-state index in [1.807, 2.05) is 37.4 Å². The van der Waals surface area contributed by atoms with E-state index in [-0.39, 0.29) is 0 Å². The molecule has 0 aliphatic rings. The van der Waals surface area contributed by atoms with Crippen LogP contribution in [0.3, 0.4) is 0 Å². The Morgan fingerprint density at radius 1 is 1.24 bits per heavy atom. The van der Waals surface area contributed by atoms with Crippen LogP contribution >= 0.6 is 23.1 Å². The smallest absolute Gasteiger partial charge is 0.210 e. The lowest BCUT2D eigenvalue weighted by atomic mass is 10.2. The molecule has 2 N–H and O–H groups in total. The third-order valence-corrected chi connectivity index (χ3v) is 5.50. The van der Waals surface area contributed by atoms with Crippen molar-refractivity contribution in [1.29, 1.82) is 0 Å². The molecule has 0 spiro atoms. The molecule has 7 nitrogen and oxygen atoms in total. The lowest BCUT2D eigenvalue weighted by molar-refractivity contribution is 0.535. The highest BCUT2D eigenvalue weighted by Gasteiger charge is 2.16. The minimum Gasteiger partial charge on any atom is -0.469 e. The molecule has 0 aliphatic heterocycles. The first-order valence-electron chi connectivity index (χ1n) is 7.51. The fraction of sp³-hybridized carbons (Fsp3) is 0.188. The first kappa shape index (κ1) is 16.0. The minimum atomic E-state index is 0.582. The van der Waals surface area contributed by atoms with Gasteiger partial charge in [-0.25, -0.2) is 9.66 Å². The Kier molecular flexibility index (Phi) is 4.10. The molecule has 4 aromatic rings. The molecule has 9 heteroatoms. The van der Waals surface area contributed by atoms with E-state index in [9.17, 15) is 0 Å². The van der Waals surface area contributed by atoms with Crippen molar-refractivity contribution in [2.24, 2.45) is 0 Å². The summed E-state index contributed by atoms with van der Waals surface area (Å²) in [4.78, 5) is 4.60. The van der Waals surface area contributed by atoms with E-state index in [2.05, 4.69) is 15.2 Å². The van der Waals surface area contributed by atoms with E-state index in [0.29, 0.717) is 16.7 Å². The number of nitrogen functional groups attached to an aromatic ring is 1. The quantitative estimate of drug-likeness (QED) is 0.419. The van der Waals surface area contributed by atoms with Gasteiger partial charge in [0.2, 0.25) is 5.16 Å². The van der Waals surface area contributed by atoms with Crippen molar-refractivity contribution in [3.63, 3.8) is 0 Å². The topological polar surface area (TPSA) is 95.9 Å². The lowest BCUT2D eigenvalue weighted by Crippen LogP contribution is -2.11. The second-order valence-corrected chi connectivity index (χ2v) is 7.21. The number of hydrogen-bond acceptors (Lipinski definition) is 8. The van der Waals surface area contributed by atoms with Crippen LogP contribution in [0.25, 0.3) is 22.2 Å². The Bertz CT molecular complexity index is 1010. The van der Waals surface area contributed by atoms with Gasteiger partial charge >= 0.3 is 0 Å². The average molecular weight is 373 g/mol. The molecule has 0 bridgehead atoms. The second-order valence-electron chi connectivity index (χ2n) is 5.41. The Morgan fingerprint density at radius 2 is 2.12 bits per heavy atom. The standard InChI is InChI=1S/C16H15N5O2S2/c1-9-3-4-13(23-9)15-18-11(7-24-15)8-25-16-20-19-14(21(16)17)12-5-6-22-10(12)2/h3-7H,8,17H2,1-2H3. The van der Waals surface area contributed by atoms with Crippen molar-refractivity contribution in [2.45, 2.75) is 24.8 Å².